The minimum atomic E-state index is -1.06. The fourth-order valence-corrected chi connectivity index (χ4v) is 9.89. The van der Waals surface area contributed by atoms with E-state index in [0.29, 0.717) is 111 Å². The SMILES string of the molecule is O=C1CCC(N2C(=O)c3cccc(NCc4cn(CCOCCOCCC(=O)N5CCN(c6ccc(C(=O)Nc7n[nH]c8ccc(Cc9cc(F)cc(F)c9)cc78)c(NC7CCOCC7)c6)CC5)nn4)c3C2=O)C(=O)N1. The van der Waals surface area contributed by atoms with E-state index in [4.69, 9.17) is 14.2 Å². The van der Waals surface area contributed by atoms with Gasteiger partial charge in [-0.2, -0.15) is 5.10 Å². The number of carbonyl (C=O) groups excluding carboxylic acids is 6. The summed E-state index contributed by atoms with van der Waals surface area (Å²) in [4.78, 5) is 82.9. The molecule has 0 aliphatic carbocycles. The van der Waals surface area contributed by atoms with Crippen LogP contribution >= 0.6 is 0 Å². The Morgan fingerprint density at radius 3 is 2.39 bits per heavy atom. The number of hydrogen-bond donors (Lipinski definition) is 5. The maximum absolute atomic E-state index is 14.0. The minimum Gasteiger partial charge on any atom is -0.381 e. The molecule has 6 aromatic rings. The van der Waals surface area contributed by atoms with Crippen LogP contribution in [0.15, 0.2) is 79.0 Å². The van der Waals surface area contributed by atoms with Crippen molar-refractivity contribution in [3.05, 3.63) is 124 Å². The second-order valence-electron chi connectivity index (χ2n) is 19.0. The fraction of sp³-hybridized carbons (Fsp3) is 0.377. The van der Waals surface area contributed by atoms with Crippen molar-refractivity contribution < 1.29 is 51.8 Å². The zero-order chi connectivity index (χ0) is 52.7. The van der Waals surface area contributed by atoms with Crippen LogP contribution in [-0.2, 0) is 48.1 Å². The molecule has 4 aromatic carbocycles. The Labute approximate surface area is 434 Å². The first kappa shape index (κ1) is 51.3. The topological polar surface area (TPSA) is 247 Å². The number of H-pyrrole nitrogens is 1. The van der Waals surface area contributed by atoms with Gasteiger partial charge in [0.05, 0.1) is 74.3 Å². The van der Waals surface area contributed by atoms with E-state index in [1.54, 1.807) is 29.1 Å². The maximum Gasteiger partial charge on any atom is 0.264 e. The largest absolute Gasteiger partial charge is 0.381 e. The Morgan fingerprint density at radius 1 is 0.816 bits per heavy atom. The molecule has 5 N–H and O–H groups in total. The predicted molar refractivity (Wildman–Crippen MR) is 273 cm³/mol. The second kappa shape index (κ2) is 23.2. The Kier molecular flexibility index (Phi) is 15.7. The van der Waals surface area contributed by atoms with E-state index < -0.39 is 41.3 Å². The number of benzene rings is 4. The summed E-state index contributed by atoms with van der Waals surface area (Å²) < 4.78 is 46.5. The number of nitrogens with zero attached hydrogens (tertiary/aromatic N) is 7. The molecule has 1 unspecified atom stereocenters. The van der Waals surface area contributed by atoms with Crippen molar-refractivity contribution in [2.45, 2.75) is 63.7 Å². The number of rotatable bonds is 20. The van der Waals surface area contributed by atoms with Gasteiger partial charge < -0.3 is 40.0 Å². The fourth-order valence-electron chi connectivity index (χ4n) is 9.89. The number of piperazine rings is 1. The van der Waals surface area contributed by atoms with E-state index in [1.165, 1.54) is 18.2 Å². The molecule has 4 aliphatic rings. The number of aromatic nitrogens is 5. The molecule has 3 fully saturated rings. The standard InChI is InChI=1S/C53H56F2N12O9/c54-34-25-33(26-35(55)28-34)24-32-4-7-42-41(27-32)49(62-61-42)59-50(70)39-6-5-38(29-44(39)57-36-10-18-74-19-11-36)64-13-15-65(16-14-64)47(69)12-20-75-22-23-76-21-17-66-31-37(60-63-66)30-56-43-3-1-2-40-48(43)53(73)67(52(40)72)45-8-9-46(68)58-51(45)71/h1-7,25-29,31,36,45,56-57H,8-24,30H2,(H,58,68,71)(H2,59,61,62,70). The van der Waals surface area contributed by atoms with Gasteiger partial charge in [0.15, 0.2) is 5.82 Å². The number of anilines is 4. The number of carbonyl (C=O) groups is 6. The third kappa shape index (κ3) is 11.9. The Morgan fingerprint density at radius 2 is 1.61 bits per heavy atom. The van der Waals surface area contributed by atoms with Gasteiger partial charge in [0.25, 0.3) is 17.7 Å². The lowest BCUT2D eigenvalue weighted by Gasteiger charge is -2.36. The van der Waals surface area contributed by atoms with E-state index >= 15 is 0 Å². The highest BCUT2D eigenvalue weighted by atomic mass is 19.1. The van der Waals surface area contributed by atoms with Gasteiger partial charge in [-0.3, -0.25) is 44.1 Å². The quantitative estimate of drug-likeness (QED) is 0.0516. The normalized spacial score (nSPS) is 17.1. The molecule has 10 rings (SSSR count). The van der Waals surface area contributed by atoms with Gasteiger partial charge in [-0.15, -0.1) is 5.10 Å². The molecule has 0 spiro atoms. The predicted octanol–water partition coefficient (Wildman–Crippen LogP) is 4.65. The number of ether oxygens (including phenoxy) is 3. The van der Waals surface area contributed by atoms with E-state index in [2.05, 4.69) is 46.7 Å². The summed E-state index contributed by atoms with van der Waals surface area (Å²) in [7, 11) is 0. The Balaban J connectivity index is 0.647. The molecule has 3 saturated heterocycles. The lowest BCUT2D eigenvalue weighted by atomic mass is 10.0. The zero-order valence-electron chi connectivity index (χ0n) is 41.4. The maximum atomic E-state index is 14.0. The smallest absolute Gasteiger partial charge is 0.264 e. The van der Waals surface area contributed by atoms with Crippen LogP contribution in [0.1, 0.15) is 80.0 Å². The Hall–Kier alpha value is -8.15. The van der Waals surface area contributed by atoms with Crippen LogP contribution in [0.5, 0.6) is 0 Å². The first-order chi connectivity index (χ1) is 36.9. The van der Waals surface area contributed by atoms with Gasteiger partial charge in [0.2, 0.25) is 17.7 Å². The van der Waals surface area contributed by atoms with Crippen molar-refractivity contribution in [1.29, 1.82) is 0 Å². The summed E-state index contributed by atoms with van der Waals surface area (Å²) in [5.41, 5.74) is 5.31. The molecule has 76 heavy (non-hydrogen) atoms. The Bertz CT molecular complexity index is 3150. The number of nitrogens with one attached hydrogen (secondary N) is 5. The van der Waals surface area contributed by atoms with Gasteiger partial charge in [-0.25, -0.2) is 13.5 Å². The molecule has 1 atom stereocenters. The molecule has 6 amide bonds. The van der Waals surface area contributed by atoms with E-state index in [9.17, 15) is 37.5 Å². The first-order valence-corrected chi connectivity index (χ1v) is 25.3. The van der Waals surface area contributed by atoms with Crippen LogP contribution in [0.2, 0.25) is 0 Å². The molecule has 23 heteroatoms. The van der Waals surface area contributed by atoms with Crippen molar-refractivity contribution in [3.63, 3.8) is 0 Å². The van der Waals surface area contributed by atoms with E-state index in [-0.39, 0.29) is 67.8 Å². The van der Waals surface area contributed by atoms with Gasteiger partial charge in [-0.1, -0.05) is 17.3 Å². The molecule has 396 valence electrons. The van der Waals surface area contributed by atoms with Gasteiger partial charge in [0, 0.05) is 80.4 Å². The third-order valence-electron chi connectivity index (χ3n) is 13.8. The highest BCUT2D eigenvalue weighted by molar-refractivity contribution is 6.25. The second-order valence-corrected chi connectivity index (χ2v) is 19.0. The third-order valence-corrected chi connectivity index (χ3v) is 13.8. The molecule has 4 aliphatic heterocycles. The van der Waals surface area contributed by atoms with Crippen LogP contribution in [0.4, 0.5) is 31.7 Å². The lowest BCUT2D eigenvalue weighted by molar-refractivity contribution is -0.136. The minimum absolute atomic E-state index is 0.00209. The number of amides is 6. The summed E-state index contributed by atoms with van der Waals surface area (Å²) in [5, 5.41) is 28.3. The average molecular weight is 1040 g/mol. The summed E-state index contributed by atoms with van der Waals surface area (Å²) >= 11 is 0. The lowest BCUT2D eigenvalue weighted by Crippen LogP contribution is -2.54. The van der Waals surface area contributed by atoms with Crippen molar-refractivity contribution in [2.24, 2.45) is 0 Å². The molecule has 2 aromatic heterocycles. The molecular formula is C53H56F2N12O9. The molecule has 6 heterocycles. The first-order valence-electron chi connectivity index (χ1n) is 25.3. The number of aromatic amines is 1. The monoisotopic (exact) mass is 1040 g/mol. The summed E-state index contributed by atoms with van der Waals surface area (Å²) in [6, 6.07) is 18.5. The summed E-state index contributed by atoms with van der Waals surface area (Å²) in [6.45, 7) is 5.28. The van der Waals surface area contributed by atoms with Crippen molar-refractivity contribution in [2.75, 3.05) is 86.7 Å². The van der Waals surface area contributed by atoms with Crippen molar-refractivity contribution in [3.8, 4) is 0 Å². The molecule has 21 nitrogen and oxygen atoms in total. The molecule has 0 bridgehead atoms. The number of imide groups is 2. The molecule has 0 radical (unpaired) electrons. The highest BCUT2D eigenvalue weighted by Crippen LogP contribution is 2.33. The van der Waals surface area contributed by atoms with Crippen LogP contribution in [-0.4, -0.2) is 148 Å². The van der Waals surface area contributed by atoms with Gasteiger partial charge in [-0.05, 0) is 91.4 Å². The van der Waals surface area contributed by atoms with E-state index in [0.717, 1.165) is 35.1 Å². The average Bonchev–Trinajstić information content (AvgIpc) is 4.15. The molecular weight excluding hydrogens is 987 g/mol. The van der Waals surface area contributed by atoms with Crippen LogP contribution < -0.4 is 26.2 Å². The van der Waals surface area contributed by atoms with Gasteiger partial charge >= 0.3 is 0 Å². The van der Waals surface area contributed by atoms with Crippen molar-refractivity contribution in [1.82, 2.24) is 40.3 Å². The van der Waals surface area contributed by atoms with Gasteiger partial charge in [0.1, 0.15) is 23.4 Å². The van der Waals surface area contributed by atoms with Crippen LogP contribution in [0, 0.1) is 11.6 Å². The number of halogens is 2. The highest BCUT2D eigenvalue weighted by Gasteiger charge is 2.45. The van der Waals surface area contributed by atoms with Crippen LogP contribution in [0.3, 0.4) is 0 Å². The number of hydrogen-bond acceptors (Lipinski definition) is 15. The summed E-state index contributed by atoms with van der Waals surface area (Å²) in [6.07, 6.45) is 3.92. The van der Waals surface area contributed by atoms with E-state index in [1.807, 2.05) is 35.2 Å². The number of fused-ring (bicyclic) bond motifs is 2. The molecule has 0 saturated carbocycles. The van der Waals surface area contributed by atoms with Crippen molar-refractivity contribution >= 4 is 69.2 Å². The zero-order valence-corrected chi connectivity index (χ0v) is 41.4. The number of piperidine rings is 1. The summed E-state index contributed by atoms with van der Waals surface area (Å²) in [5.74, 6) is -3.63. The van der Waals surface area contributed by atoms with Crippen LogP contribution in [0.25, 0.3) is 10.9 Å².